The highest BCUT2D eigenvalue weighted by Gasteiger charge is 2.12. The van der Waals surface area contributed by atoms with Gasteiger partial charge in [-0.1, -0.05) is 38.2 Å². The highest BCUT2D eigenvalue weighted by molar-refractivity contribution is 5.94. The topological polar surface area (TPSA) is 189 Å². The first-order valence-corrected chi connectivity index (χ1v) is 17.3. The van der Waals surface area contributed by atoms with Crippen molar-refractivity contribution in [2.24, 2.45) is 32.4 Å². The Morgan fingerprint density at radius 2 is 1.36 bits per heavy atom. The fraction of sp³-hybridized carbons (Fsp3) is 0.571. The van der Waals surface area contributed by atoms with Gasteiger partial charge in [0, 0.05) is 44.0 Å². The lowest BCUT2D eigenvalue weighted by molar-refractivity contribution is -0.122. The Kier molecular flexibility index (Phi) is 20.1. The molecule has 0 bridgehead atoms. The van der Waals surface area contributed by atoms with Crippen molar-refractivity contribution in [3.63, 3.8) is 0 Å². The Hall–Kier alpha value is -4.03. The fourth-order valence-electron chi connectivity index (χ4n) is 5.04. The molecule has 0 saturated heterocycles. The van der Waals surface area contributed by atoms with Crippen molar-refractivity contribution < 1.29 is 9.59 Å². The van der Waals surface area contributed by atoms with Crippen LogP contribution in [-0.4, -0.2) is 69.6 Å². The summed E-state index contributed by atoms with van der Waals surface area (Å²) < 4.78 is 0. The van der Waals surface area contributed by atoms with Crippen LogP contribution in [0.5, 0.6) is 0 Å². The first-order chi connectivity index (χ1) is 22.8. The van der Waals surface area contributed by atoms with Crippen molar-refractivity contribution in [3.8, 4) is 0 Å². The second kappa shape index (κ2) is 24.2. The summed E-state index contributed by atoms with van der Waals surface area (Å²) in [6, 6.07) is 14.8. The minimum Gasteiger partial charge on any atom is -0.372 e. The van der Waals surface area contributed by atoms with Crippen LogP contribution in [0.4, 0.5) is 17.1 Å². The number of unbranched alkanes of at least 4 members (excludes halogenated alkanes) is 6. The molecule has 0 aliphatic heterocycles. The number of carbonyl (C=O) groups is 2. The van der Waals surface area contributed by atoms with E-state index in [0.29, 0.717) is 43.7 Å². The third-order valence-corrected chi connectivity index (χ3v) is 7.82. The molecule has 0 spiro atoms. The minimum absolute atomic E-state index is 0.0539. The molecule has 0 radical (unpaired) electrons. The van der Waals surface area contributed by atoms with E-state index >= 15 is 0 Å². The van der Waals surface area contributed by atoms with Gasteiger partial charge in [0.25, 0.3) is 5.91 Å². The van der Waals surface area contributed by atoms with Gasteiger partial charge in [-0.2, -0.15) is 10.2 Å². The van der Waals surface area contributed by atoms with Gasteiger partial charge in [-0.05, 0) is 102 Å². The summed E-state index contributed by atoms with van der Waals surface area (Å²) in [5.41, 5.74) is 19.7. The van der Waals surface area contributed by atoms with E-state index in [4.69, 9.17) is 17.2 Å². The number of carbonyl (C=O) groups excluding carboxylic acids is 2. The van der Waals surface area contributed by atoms with Crippen LogP contribution in [0.2, 0.25) is 0 Å². The summed E-state index contributed by atoms with van der Waals surface area (Å²) in [5.74, 6) is -0.159. The van der Waals surface area contributed by atoms with Crippen LogP contribution in [0.1, 0.15) is 88.4 Å². The molecule has 260 valence electrons. The largest absolute Gasteiger partial charge is 0.372 e. The van der Waals surface area contributed by atoms with Crippen LogP contribution >= 0.6 is 0 Å². The number of hydrogen-bond donors (Lipinski definition) is 6. The van der Waals surface area contributed by atoms with Gasteiger partial charge in [-0.15, -0.1) is 0 Å². The van der Waals surface area contributed by atoms with Gasteiger partial charge in [0.15, 0.2) is 5.96 Å². The molecule has 0 fully saturated rings. The first-order valence-electron chi connectivity index (χ1n) is 17.3. The molecule has 47 heavy (non-hydrogen) atoms. The van der Waals surface area contributed by atoms with E-state index in [9.17, 15) is 9.59 Å². The number of guanidine groups is 1. The second-order valence-corrected chi connectivity index (χ2v) is 11.6. The van der Waals surface area contributed by atoms with Crippen LogP contribution in [0.25, 0.3) is 0 Å². The van der Waals surface area contributed by atoms with Gasteiger partial charge in [0.1, 0.15) is 0 Å². The van der Waals surface area contributed by atoms with Gasteiger partial charge in [0.2, 0.25) is 5.91 Å². The molecule has 2 aromatic carbocycles. The number of aliphatic imine (C=N–C) groups is 1. The molecule has 9 N–H and O–H groups in total. The van der Waals surface area contributed by atoms with E-state index in [0.717, 1.165) is 57.5 Å². The summed E-state index contributed by atoms with van der Waals surface area (Å²) in [6.45, 7) is 9.81. The van der Waals surface area contributed by atoms with Crippen molar-refractivity contribution in [2.75, 3.05) is 50.7 Å². The molecular weight excluding hydrogens is 592 g/mol. The van der Waals surface area contributed by atoms with Crippen molar-refractivity contribution in [1.29, 1.82) is 0 Å². The maximum Gasteiger partial charge on any atom is 0.251 e. The van der Waals surface area contributed by atoms with Gasteiger partial charge in [-0.3, -0.25) is 14.6 Å². The van der Waals surface area contributed by atoms with Gasteiger partial charge in [0.05, 0.1) is 17.4 Å². The number of nitrogens with zero attached hydrogens (tertiary/aromatic N) is 4. The predicted molar refractivity (Wildman–Crippen MR) is 194 cm³/mol. The molecule has 0 saturated carbocycles. The molecule has 1 atom stereocenters. The Morgan fingerprint density at radius 1 is 0.745 bits per heavy atom. The second-order valence-electron chi connectivity index (χ2n) is 11.6. The SMILES string of the molecule is CCN(CC)c1ccc(N=Nc2cccc(C(=O)NCCCCCCCCCNCCCNC(=O)[C@@H](N)CCCN=C(N)N)c2)cc1. The zero-order chi connectivity index (χ0) is 34.1. The third-order valence-electron chi connectivity index (χ3n) is 7.82. The van der Waals surface area contributed by atoms with E-state index in [1.807, 2.05) is 24.3 Å². The number of nitrogens with two attached hydrogens (primary N) is 3. The van der Waals surface area contributed by atoms with E-state index < -0.39 is 6.04 Å². The van der Waals surface area contributed by atoms with Gasteiger partial charge < -0.3 is 38.1 Å². The molecule has 12 heteroatoms. The standard InChI is InChI=1S/C35H58N10O2/c1-3-45(4-2)31-20-18-29(19-21-31)43-44-30-16-12-15-28(27-30)33(46)40-24-11-9-7-5-6-8-10-22-39-23-14-26-41-34(47)32(36)17-13-25-42-35(37)38/h12,15-16,18-21,27,32,39H,3-11,13-14,17,22-26,36H2,1-2H3,(H,40,46)(H,41,47)(H4,37,38,42)/t32-/m0/s1. The Balaban J connectivity index is 1.46. The van der Waals surface area contributed by atoms with Crippen molar-refractivity contribution in [2.45, 2.75) is 84.1 Å². The molecule has 0 aromatic heterocycles. The van der Waals surface area contributed by atoms with E-state index in [2.05, 4.69) is 62.1 Å². The van der Waals surface area contributed by atoms with Crippen molar-refractivity contribution in [3.05, 3.63) is 54.1 Å². The number of amides is 2. The van der Waals surface area contributed by atoms with Crippen LogP contribution in [0.3, 0.4) is 0 Å². The summed E-state index contributed by atoms with van der Waals surface area (Å²) in [4.78, 5) is 30.8. The minimum atomic E-state index is -0.532. The average Bonchev–Trinajstić information content (AvgIpc) is 3.08. The first kappa shape index (κ1) is 39.1. The number of benzene rings is 2. The molecule has 2 amide bonds. The molecule has 0 unspecified atom stereocenters. The fourth-order valence-corrected chi connectivity index (χ4v) is 5.04. The lowest BCUT2D eigenvalue weighted by Crippen LogP contribution is -2.41. The smallest absolute Gasteiger partial charge is 0.251 e. The summed E-state index contributed by atoms with van der Waals surface area (Å²) in [6.07, 6.45) is 10.1. The number of hydrogen-bond acceptors (Lipinski definition) is 8. The zero-order valence-corrected chi connectivity index (χ0v) is 28.6. The monoisotopic (exact) mass is 650 g/mol. The quantitative estimate of drug-likeness (QED) is 0.0382. The van der Waals surface area contributed by atoms with Crippen molar-refractivity contribution >= 4 is 34.8 Å². The normalized spacial score (nSPS) is 11.7. The lowest BCUT2D eigenvalue weighted by atomic mass is 10.1. The molecule has 2 rings (SSSR count). The maximum absolute atomic E-state index is 12.6. The summed E-state index contributed by atoms with van der Waals surface area (Å²) in [7, 11) is 0. The highest BCUT2D eigenvalue weighted by Crippen LogP contribution is 2.23. The molecule has 0 aliphatic rings. The van der Waals surface area contributed by atoms with Gasteiger partial charge in [-0.25, -0.2) is 0 Å². The Labute approximate surface area is 281 Å². The lowest BCUT2D eigenvalue weighted by Gasteiger charge is -2.20. The Morgan fingerprint density at radius 3 is 2.04 bits per heavy atom. The molecule has 0 heterocycles. The van der Waals surface area contributed by atoms with E-state index in [-0.39, 0.29) is 17.8 Å². The summed E-state index contributed by atoms with van der Waals surface area (Å²) >= 11 is 0. The van der Waals surface area contributed by atoms with Crippen LogP contribution in [-0.2, 0) is 4.79 Å². The predicted octanol–water partition coefficient (Wildman–Crippen LogP) is 4.89. The van der Waals surface area contributed by atoms with Crippen LogP contribution in [0, 0.1) is 0 Å². The maximum atomic E-state index is 12.6. The molecular formula is C35H58N10O2. The van der Waals surface area contributed by atoms with E-state index in [1.54, 1.807) is 12.1 Å². The van der Waals surface area contributed by atoms with Crippen LogP contribution in [0.15, 0.2) is 63.8 Å². The molecule has 2 aromatic rings. The summed E-state index contributed by atoms with van der Waals surface area (Å²) in [5, 5.41) is 18.0. The van der Waals surface area contributed by atoms with Crippen LogP contribution < -0.4 is 38.1 Å². The Bertz CT molecular complexity index is 1210. The highest BCUT2D eigenvalue weighted by atomic mass is 16.2. The van der Waals surface area contributed by atoms with Crippen molar-refractivity contribution in [1.82, 2.24) is 16.0 Å². The zero-order valence-electron chi connectivity index (χ0n) is 28.6. The van der Waals surface area contributed by atoms with Gasteiger partial charge >= 0.3 is 0 Å². The molecule has 0 aliphatic carbocycles. The third kappa shape index (κ3) is 17.5. The number of anilines is 1. The van der Waals surface area contributed by atoms with E-state index in [1.165, 1.54) is 31.4 Å². The number of rotatable bonds is 25. The molecule has 12 nitrogen and oxygen atoms in total. The average molecular weight is 651 g/mol. The number of azo groups is 1. The number of nitrogens with one attached hydrogen (secondary N) is 3.